The van der Waals surface area contributed by atoms with Crippen LogP contribution in [0.5, 0.6) is 0 Å². The molecular formula is C15H22BrN. The Hall–Kier alpha value is -0.340. The van der Waals surface area contributed by atoms with Crippen molar-refractivity contribution in [3.63, 3.8) is 0 Å². The molecule has 0 aromatic heterocycles. The van der Waals surface area contributed by atoms with E-state index >= 15 is 0 Å². The average molecular weight is 296 g/mol. The highest BCUT2D eigenvalue weighted by Gasteiger charge is 2.12. The molecule has 1 aliphatic rings. The van der Waals surface area contributed by atoms with E-state index in [4.69, 9.17) is 0 Å². The Morgan fingerprint density at radius 3 is 2.71 bits per heavy atom. The maximum absolute atomic E-state index is 3.50. The summed E-state index contributed by atoms with van der Waals surface area (Å²) in [7, 11) is 0. The summed E-state index contributed by atoms with van der Waals surface area (Å²) in [6, 6.07) is 8.94. The molecule has 1 heterocycles. The second kappa shape index (κ2) is 7.17. The first-order valence-electron chi connectivity index (χ1n) is 6.75. The van der Waals surface area contributed by atoms with Crippen molar-refractivity contribution in [3.8, 4) is 0 Å². The number of unbranched alkanes of at least 4 members (excludes halogenated alkanes) is 2. The molecule has 0 bridgehead atoms. The molecule has 17 heavy (non-hydrogen) atoms. The van der Waals surface area contributed by atoms with Crippen LogP contribution in [0.4, 0.5) is 0 Å². The van der Waals surface area contributed by atoms with Crippen LogP contribution in [0.25, 0.3) is 0 Å². The molecule has 0 unspecified atom stereocenters. The topological polar surface area (TPSA) is 3.24 Å². The first kappa shape index (κ1) is 13.1. The highest BCUT2D eigenvalue weighted by atomic mass is 79.9. The molecule has 0 radical (unpaired) electrons. The number of benzene rings is 1. The highest BCUT2D eigenvalue weighted by Crippen LogP contribution is 2.18. The van der Waals surface area contributed by atoms with Gasteiger partial charge in [-0.3, -0.25) is 4.90 Å². The van der Waals surface area contributed by atoms with E-state index < -0.39 is 0 Å². The van der Waals surface area contributed by atoms with Gasteiger partial charge in [-0.25, -0.2) is 0 Å². The lowest BCUT2D eigenvalue weighted by molar-refractivity contribution is 0.264. The molecule has 0 aliphatic carbocycles. The Morgan fingerprint density at radius 2 is 1.88 bits per heavy atom. The van der Waals surface area contributed by atoms with Crippen LogP contribution in [-0.4, -0.2) is 23.3 Å². The maximum Gasteiger partial charge on any atom is 0.0236 e. The molecule has 0 spiro atoms. The molecule has 94 valence electrons. The van der Waals surface area contributed by atoms with Crippen molar-refractivity contribution in [3.05, 3.63) is 35.4 Å². The first-order chi connectivity index (χ1) is 8.40. The number of alkyl halides is 1. The van der Waals surface area contributed by atoms with E-state index in [1.165, 1.54) is 45.2 Å². The quantitative estimate of drug-likeness (QED) is 0.586. The van der Waals surface area contributed by atoms with Gasteiger partial charge in [0.05, 0.1) is 0 Å². The fraction of sp³-hybridized carbons (Fsp3) is 0.600. The van der Waals surface area contributed by atoms with Crippen molar-refractivity contribution in [2.24, 2.45) is 0 Å². The predicted octanol–water partition coefficient (Wildman–Crippen LogP) is 4.00. The molecule has 0 amide bonds. The number of aryl methyl sites for hydroxylation is 1. The van der Waals surface area contributed by atoms with E-state index in [9.17, 15) is 0 Å². The standard InChI is InChI=1S/C15H22BrN/c16-10-4-1-5-11-17-12-6-9-14-7-2-3-8-15(14)13-17/h2-3,7-8H,1,4-6,9-13H2. The molecule has 2 heteroatoms. The minimum Gasteiger partial charge on any atom is -0.299 e. The third kappa shape index (κ3) is 4.11. The van der Waals surface area contributed by atoms with E-state index in [-0.39, 0.29) is 0 Å². The largest absolute Gasteiger partial charge is 0.299 e. The Kier molecular flexibility index (Phi) is 5.53. The average Bonchev–Trinajstić information content (AvgIpc) is 2.56. The Balaban J connectivity index is 1.85. The van der Waals surface area contributed by atoms with Crippen LogP contribution < -0.4 is 0 Å². The van der Waals surface area contributed by atoms with Crippen molar-refractivity contribution in [2.45, 2.75) is 38.6 Å². The van der Waals surface area contributed by atoms with Crippen LogP contribution in [0.1, 0.15) is 36.8 Å². The first-order valence-corrected chi connectivity index (χ1v) is 7.87. The summed E-state index contributed by atoms with van der Waals surface area (Å²) in [5, 5.41) is 1.15. The number of halogens is 1. The molecule has 2 rings (SSSR count). The van der Waals surface area contributed by atoms with Crippen LogP contribution in [0.15, 0.2) is 24.3 Å². The number of hydrogen-bond acceptors (Lipinski definition) is 1. The summed E-state index contributed by atoms with van der Waals surface area (Å²) in [4.78, 5) is 2.63. The lowest BCUT2D eigenvalue weighted by Gasteiger charge is -2.20. The van der Waals surface area contributed by atoms with E-state index in [1.54, 1.807) is 11.1 Å². The maximum atomic E-state index is 3.50. The van der Waals surface area contributed by atoms with Gasteiger partial charge in [0.1, 0.15) is 0 Å². The summed E-state index contributed by atoms with van der Waals surface area (Å²) in [5.74, 6) is 0. The molecule has 1 aliphatic heterocycles. The van der Waals surface area contributed by atoms with Crippen molar-refractivity contribution in [2.75, 3.05) is 18.4 Å². The van der Waals surface area contributed by atoms with E-state index in [0.717, 1.165) is 11.9 Å². The lowest BCUT2D eigenvalue weighted by atomic mass is 10.0. The molecule has 0 atom stereocenters. The molecule has 0 saturated heterocycles. The fourth-order valence-corrected chi connectivity index (χ4v) is 2.96. The van der Waals surface area contributed by atoms with Gasteiger partial charge in [-0.05, 0) is 49.9 Å². The van der Waals surface area contributed by atoms with Gasteiger partial charge < -0.3 is 0 Å². The molecule has 0 fully saturated rings. The predicted molar refractivity (Wildman–Crippen MR) is 77.7 cm³/mol. The van der Waals surface area contributed by atoms with Crippen molar-refractivity contribution in [1.82, 2.24) is 4.90 Å². The van der Waals surface area contributed by atoms with Crippen LogP contribution in [0.3, 0.4) is 0 Å². The number of hydrogen-bond donors (Lipinski definition) is 0. The van der Waals surface area contributed by atoms with Crippen molar-refractivity contribution < 1.29 is 0 Å². The third-order valence-electron chi connectivity index (χ3n) is 3.54. The summed E-state index contributed by atoms with van der Waals surface area (Å²) in [5.41, 5.74) is 3.11. The Labute approximate surface area is 113 Å². The van der Waals surface area contributed by atoms with Gasteiger partial charge in [0.15, 0.2) is 0 Å². The zero-order valence-electron chi connectivity index (χ0n) is 10.5. The molecule has 1 nitrogen and oxygen atoms in total. The highest BCUT2D eigenvalue weighted by molar-refractivity contribution is 9.09. The summed E-state index contributed by atoms with van der Waals surface area (Å²) in [6.45, 7) is 3.69. The minimum absolute atomic E-state index is 1.15. The zero-order chi connectivity index (χ0) is 11.9. The Bertz CT molecular complexity index is 337. The Morgan fingerprint density at radius 1 is 1.06 bits per heavy atom. The van der Waals surface area contributed by atoms with Crippen molar-refractivity contribution >= 4 is 15.9 Å². The van der Waals surface area contributed by atoms with Crippen molar-refractivity contribution in [1.29, 1.82) is 0 Å². The summed E-state index contributed by atoms with van der Waals surface area (Å²) in [6.07, 6.45) is 6.57. The smallest absolute Gasteiger partial charge is 0.0236 e. The van der Waals surface area contributed by atoms with Crippen LogP contribution in [0, 0.1) is 0 Å². The van der Waals surface area contributed by atoms with E-state index in [1.807, 2.05) is 0 Å². The van der Waals surface area contributed by atoms with Gasteiger partial charge in [-0.15, -0.1) is 0 Å². The fourth-order valence-electron chi connectivity index (χ4n) is 2.57. The SMILES string of the molecule is BrCCCCCN1CCCc2ccccc2C1. The van der Waals surface area contributed by atoms with E-state index in [2.05, 4.69) is 45.1 Å². The number of rotatable bonds is 5. The van der Waals surface area contributed by atoms with Gasteiger partial charge in [-0.2, -0.15) is 0 Å². The number of nitrogens with zero attached hydrogens (tertiary/aromatic N) is 1. The summed E-state index contributed by atoms with van der Waals surface area (Å²) < 4.78 is 0. The van der Waals surface area contributed by atoms with Gasteiger partial charge in [0.2, 0.25) is 0 Å². The molecule has 1 aromatic carbocycles. The lowest BCUT2D eigenvalue weighted by Crippen LogP contribution is -2.24. The molecule has 0 saturated carbocycles. The van der Waals surface area contributed by atoms with Crippen LogP contribution in [0.2, 0.25) is 0 Å². The zero-order valence-corrected chi connectivity index (χ0v) is 12.1. The number of fused-ring (bicyclic) bond motifs is 1. The second-order valence-corrected chi connectivity index (χ2v) is 5.69. The monoisotopic (exact) mass is 295 g/mol. The normalized spacial score (nSPS) is 16.5. The van der Waals surface area contributed by atoms with Gasteiger partial charge in [0, 0.05) is 11.9 Å². The molecule has 1 aromatic rings. The molecule has 0 N–H and O–H groups in total. The van der Waals surface area contributed by atoms with Gasteiger partial charge >= 0.3 is 0 Å². The van der Waals surface area contributed by atoms with Crippen LogP contribution in [-0.2, 0) is 13.0 Å². The molecular weight excluding hydrogens is 274 g/mol. The van der Waals surface area contributed by atoms with Crippen LogP contribution >= 0.6 is 15.9 Å². The summed E-state index contributed by atoms with van der Waals surface area (Å²) >= 11 is 3.50. The van der Waals surface area contributed by atoms with E-state index in [0.29, 0.717) is 0 Å². The van der Waals surface area contributed by atoms with Gasteiger partial charge in [0.25, 0.3) is 0 Å². The third-order valence-corrected chi connectivity index (χ3v) is 4.10. The van der Waals surface area contributed by atoms with Gasteiger partial charge in [-0.1, -0.05) is 46.6 Å². The minimum atomic E-state index is 1.15. The second-order valence-electron chi connectivity index (χ2n) is 4.90.